The molecule has 0 aliphatic rings. The van der Waals surface area contributed by atoms with Crippen molar-refractivity contribution in [3.8, 4) is 5.69 Å². The molecule has 0 aliphatic carbocycles. The lowest BCUT2D eigenvalue weighted by molar-refractivity contribution is 0.102. The van der Waals surface area contributed by atoms with Gasteiger partial charge in [-0.2, -0.15) is 0 Å². The summed E-state index contributed by atoms with van der Waals surface area (Å²) in [5.41, 5.74) is 2.38. The van der Waals surface area contributed by atoms with E-state index in [0.717, 1.165) is 0 Å². The minimum Gasteiger partial charge on any atom is -0.321 e. The molecule has 10 heteroatoms. The van der Waals surface area contributed by atoms with Crippen molar-refractivity contribution in [3.63, 3.8) is 0 Å². The molecule has 3 aromatic rings. The van der Waals surface area contributed by atoms with Crippen molar-refractivity contribution in [3.05, 3.63) is 64.9 Å². The standard InChI is InChI=1S/C19H20ClN5O3S/c1-3-11-29(27,28)23-16-9-7-15(8-10-16)21-19(26)18-13(2)25(24-22-18)17-6-4-5-14(20)12-17/h4-10,12,23H,3,11H2,1-2H3,(H,21,26). The molecule has 2 aromatic carbocycles. The van der Waals surface area contributed by atoms with E-state index in [1.54, 1.807) is 56.3 Å². The number of hydrogen-bond donors (Lipinski definition) is 2. The fourth-order valence-electron chi connectivity index (χ4n) is 2.70. The van der Waals surface area contributed by atoms with E-state index in [4.69, 9.17) is 11.6 Å². The molecule has 0 unspecified atom stereocenters. The minimum absolute atomic E-state index is 0.0487. The van der Waals surface area contributed by atoms with Gasteiger partial charge in [-0.3, -0.25) is 9.52 Å². The average molecular weight is 434 g/mol. The smallest absolute Gasteiger partial charge is 0.278 e. The third-order valence-corrected chi connectivity index (χ3v) is 5.78. The molecule has 0 atom stereocenters. The van der Waals surface area contributed by atoms with Gasteiger partial charge in [0.1, 0.15) is 0 Å². The maximum Gasteiger partial charge on any atom is 0.278 e. The van der Waals surface area contributed by atoms with Gasteiger partial charge in [-0.1, -0.05) is 29.8 Å². The zero-order chi connectivity index (χ0) is 21.0. The molecule has 1 amide bonds. The first-order valence-corrected chi connectivity index (χ1v) is 10.9. The van der Waals surface area contributed by atoms with Crippen LogP contribution in [0.3, 0.4) is 0 Å². The van der Waals surface area contributed by atoms with Gasteiger partial charge in [0.25, 0.3) is 5.91 Å². The summed E-state index contributed by atoms with van der Waals surface area (Å²) in [6, 6.07) is 13.5. The van der Waals surface area contributed by atoms with Crippen molar-refractivity contribution in [2.45, 2.75) is 20.3 Å². The van der Waals surface area contributed by atoms with E-state index < -0.39 is 15.9 Å². The molecule has 0 spiro atoms. The van der Waals surface area contributed by atoms with E-state index in [-0.39, 0.29) is 11.4 Å². The van der Waals surface area contributed by atoms with Crippen LogP contribution in [0, 0.1) is 6.92 Å². The van der Waals surface area contributed by atoms with Gasteiger partial charge in [0.05, 0.1) is 17.1 Å². The minimum atomic E-state index is -3.36. The second-order valence-electron chi connectivity index (χ2n) is 6.37. The Bertz CT molecular complexity index is 1130. The Balaban J connectivity index is 1.72. The molecular weight excluding hydrogens is 414 g/mol. The zero-order valence-electron chi connectivity index (χ0n) is 15.9. The fraction of sp³-hybridized carbons (Fsp3) is 0.211. The lowest BCUT2D eigenvalue weighted by Gasteiger charge is -2.09. The summed E-state index contributed by atoms with van der Waals surface area (Å²) in [4.78, 5) is 12.6. The Hall–Kier alpha value is -2.91. The van der Waals surface area contributed by atoms with Crippen LogP contribution in [0.5, 0.6) is 0 Å². The second-order valence-corrected chi connectivity index (χ2v) is 8.65. The average Bonchev–Trinajstić information content (AvgIpc) is 3.04. The van der Waals surface area contributed by atoms with E-state index >= 15 is 0 Å². The van der Waals surface area contributed by atoms with Crippen molar-refractivity contribution in [2.24, 2.45) is 0 Å². The van der Waals surface area contributed by atoms with Crippen LogP contribution in [0.1, 0.15) is 29.5 Å². The third-order valence-electron chi connectivity index (χ3n) is 4.05. The molecule has 0 saturated heterocycles. The molecule has 0 bridgehead atoms. The van der Waals surface area contributed by atoms with Crippen LogP contribution in [0.2, 0.25) is 5.02 Å². The SMILES string of the molecule is CCCS(=O)(=O)Nc1ccc(NC(=O)c2nnn(-c3cccc(Cl)c3)c2C)cc1. The highest BCUT2D eigenvalue weighted by Crippen LogP contribution is 2.19. The van der Waals surface area contributed by atoms with Crippen molar-refractivity contribution < 1.29 is 13.2 Å². The van der Waals surface area contributed by atoms with Gasteiger partial charge in [0.2, 0.25) is 10.0 Å². The monoisotopic (exact) mass is 433 g/mol. The van der Waals surface area contributed by atoms with Crippen molar-refractivity contribution in [1.29, 1.82) is 0 Å². The van der Waals surface area contributed by atoms with Gasteiger partial charge in [0.15, 0.2) is 5.69 Å². The molecule has 1 heterocycles. The quantitative estimate of drug-likeness (QED) is 0.591. The summed E-state index contributed by atoms with van der Waals surface area (Å²) in [5.74, 6) is -0.373. The first kappa shape index (κ1) is 20.8. The maximum absolute atomic E-state index is 12.6. The molecule has 0 radical (unpaired) electrons. The third kappa shape index (κ3) is 5.12. The summed E-state index contributed by atoms with van der Waals surface area (Å²) < 4.78 is 27.7. The number of carbonyl (C=O) groups excluding carboxylic acids is 1. The van der Waals surface area contributed by atoms with Crippen molar-refractivity contribution >= 4 is 38.9 Å². The van der Waals surface area contributed by atoms with E-state index in [0.29, 0.717) is 34.2 Å². The van der Waals surface area contributed by atoms with Gasteiger partial charge in [-0.15, -0.1) is 5.10 Å². The van der Waals surface area contributed by atoms with Crippen LogP contribution >= 0.6 is 11.6 Å². The summed E-state index contributed by atoms with van der Waals surface area (Å²) >= 11 is 6.01. The normalized spacial score (nSPS) is 11.3. The molecule has 1 aromatic heterocycles. The number of carbonyl (C=O) groups is 1. The zero-order valence-corrected chi connectivity index (χ0v) is 17.5. The van der Waals surface area contributed by atoms with Crippen LogP contribution in [-0.2, 0) is 10.0 Å². The van der Waals surface area contributed by atoms with Crippen LogP contribution in [0.4, 0.5) is 11.4 Å². The summed E-state index contributed by atoms with van der Waals surface area (Å²) in [6.45, 7) is 3.53. The van der Waals surface area contributed by atoms with Crippen LogP contribution in [0.15, 0.2) is 48.5 Å². The van der Waals surface area contributed by atoms with Crippen molar-refractivity contribution in [2.75, 3.05) is 15.8 Å². The number of amides is 1. The number of anilines is 2. The van der Waals surface area contributed by atoms with Gasteiger partial charge >= 0.3 is 0 Å². The molecule has 0 saturated carbocycles. The molecule has 152 valence electrons. The summed E-state index contributed by atoms with van der Waals surface area (Å²) in [6.07, 6.45) is 0.526. The molecule has 2 N–H and O–H groups in total. The van der Waals surface area contributed by atoms with E-state index in [1.165, 1.54) is 4.68 Å². The highest BCUT2D eigenvalue weighted by atomic mass is 35.5. The Morgan fingerprint density at radius 2 is 1.83 bits per heavy atom. The lowest BCUT2D eigenvalue weighted by Crippen LogP contribution is -2.16. The maximum atomic E-state index is 12.6. The number of hydrogen-bond acceptors (Lipinski definition) is 5. The predicted octanol–water partition coefficient (Wildman–Crippen LogP) is 3.63. The molecule has 3 rings (SSSR count). The van der Waals surface area contributed by atoms with Gasteiger partial charge in [-0.25, -0.2) is 13.1 Å². The van der Waals surface area contributed by atoms with E-state index in [9.17, 15) is 13.2 Å². The van der Waals surface area contributed by atoms with Crippen LogP contribution < -0.4 is 10.0 Å². The highest BCUT2D eigenvalue weighted by molar-refractivity contribution is 7.92. The molecule has 0 fully saturated rings. The first-order valence-electron chi connectivity index (χ1n) is 8.89. The predicted molar refractivity (Wildman–Crippen MR) is 113 cm³/mol. The molecular formula is C19H20ClN5O3S. The van der Waals surface area contributed by atoms with E-state index in [1.807, 2.05) is 6.07 Å². The Morgan fingerprint density at radius 3 is 2.48 bits per heavy atom. The highest BCUT2D eigenvalue weighted by Gasteiger charge is 2.18. The first-order chi connectivity index (χ1) is 13.8. The molecule has 8 nitrogen and oxygen atoms in total. The number of halogens is 1. The number of sulfonamides is 1. The summed E-state index contributed by atoms with van der Waals surface area (Å²) in [5, 5.41) is 11.3. The fourth-order valence-corrected chi connectivity index (χ4v) is 4.02. The lowest BCUT2D eigenvalue weighted by atomic mass is 10.2. The number of nitrogens with one attached hydrogen (secondary N) is 2. The van der Waals surface area contributed by atoms with Gasteiger partial charge in [-0.05, 0) is 55.8 Å². The van der Waals surface area contributed by atoms with Crippen molar-refractivity contribution in [1.82, 2.24) is 15.0 Å². The number of rotatable bonds is 7. The van der Waals surface area contributed by atoms with Gasteiger partial charge < -0.3 is 5.32 Å². The molecule has 29 heavy (non-hydrogen) atoms. The topological polar surface area (TPSA) is 106 Å². The summed E-state index contributed by atoms with van der Waals surface area (Å²) in [7, 11) is -3.36. The number of benzene rings is 2. The number of nitrogens with zero attached hydrogens (tertiary/aromatic N) is 3. The Morgan fingerprint density at radius 1 is 1.14 bits per heavy atom. The number of aromatic nitrogens is 3. The Labute approximate surface area is 173 Å². The van der Waals surface area contributed by atoms with Crippen LogP contribution in [-0.4, -0.2) is 35.1 Å². The largest absolute Gasteiger partial charge is 0.321 e. The van der Waals surface area contributed by atoms with Crippen LogP contribution in [0.25, 0.3) is 5.69 Å². The second kappa shape index (κ2) is 8.62. The van der Waals surface area contributed by atoms with Gasteiger partial charge in [0, 0.05) is 16.4 Å². The van der Waals surface area contributed by atoms with E-state index in [2.05, 4.69) is 20.4 Å². The Kier molecular flexibility index (Phi) is 6.19. The molecule has 0 aliphatic heterocycles.